The van der Waals surface area contributed by atoms with E-state index < -0.39 is 0 Å². The fraction of sp³-hybridized carbons (Fsp3) is 1.00. The summed E-state index contributed by atoms with van der Waals surface area (Å²) >= 11 is 0. The summed E-state index contributed by atoms with van der Waals surface area (Å²) in [7, 11) is 2.26. The second kappa shape index (κ2) is 8.06. The molecule has 1 fully saturated rings. The van der Waals surface area contributed by atoms with Crippen molar-refractivity contribution in [2.24, 2.45) is 5.92 Å². The Balaban J connectivity index is 2.13. The summed E-state index contributed by atoms with van der Waals surface area (Å²) in [5.41, 5.74) is 0. The topological polar surface area (TPSA) is 18.5 Å². The van der Waals surface area contributed by atoms with Crippen molar-refractivity contribution in [2.45, 2.75) is 39.7 Å². The van der Waals surface area contributed by atoms with Gasteiger partial charge in [-0.25, -0.2) is 0 Å². The van der Waals surface area contributed by atoms with Gasteiger partial charge in [0.1, 0.15) is 0 Å². The molecule has 3 nitrogen and oxygen atoms in total. The molecule has 1 unspecified atom stereocenters. The van der Waals surface area contributed by atoms with E-state index in [2.05, 4.69) is 42.9 Å². The van der Waals surface area contributed by atoms with Gasteiger partial charge in [-0.3, -0.25) is 4.90 Å². The molecule has 0 aromatic heterocycles. The third-order valence-electron chi connectivity index (χ3n) is 3.67. The van der Waals surface area contributed by atoms with E-state index in [4.69, 9.17) is 0 Å². The Hall–Kier alpha value is -0.120. The number of hydrogen-bond acceptors (Lipinski definition) is 3. The Kier molecular flexibility index (Phi) is 7.09. The van der Waals surface area contributed by atoms with Gasteiger partial charge in [-0.1, -0.05) is 13.8 Å². The molecule has 3 heteroatoms. The van der Waals surface area contributed by atoms with Gasteiger partial charge in [-0.05, 0) is 39.3 Å². The van der Waals surface area contributed by atoms with E-state index in [1.165, 1.54) is 39.0 Å². The number of hydrogen-bond donors (Lipinski definition) is 1. The Bertz CT molecular complexity index is 188. The maximum atomic E-state index is 3.41. The molecule has 1 saturated heterocycles. The van der Waals surface area contributed by atoms with Gasteiger partial charge in [0.2, 0.25) is 0 Å². The first-order chi connectivity index (χ1) is 8.09. The van der Waals surface area contributed by atoms with Gasteiger partial charge in [0.05, 0.1) is 0 Å². The maximum absolute atomic E-state index is 3.41. The van der Waals surface area contributed by atoms with Gasteiger partial charge < -0.3 is 10.2 Å². The molecule has 0 radical (unpaired) electrons. The second-order valence-corrected chi connectivity index (χ2v) is 5.93. The molecule has 1 rings (SSSR count). The second-order valence-electron chi connectivity index (χ2n) is 5.93. The van der Waals surface area contributed by atoms with E-state index in [9.17, 15) is 0 Å². The first-order valence-electron chi connectivity index (χ1n) is 7.23. The lowest BCUT2D eigenvalue weighted by molar-refractivity contribution is 0.145. The van der Waals surface area contributed by atoms with Crippen LogP contribution >= 0.6 is 0 Å². The summed E-state index contributed by atoms with van der Waals surface area (Å²) < 4.78 is 0. The average molecular weight is 241 g/mol. The highest BCUT2D eigenvalue weighted by Crippen LogP contribution is 2.06. The third kappa shape index (κ3) is 6.39. The molecule has 17 heavy (non-hydrogen) atoms. The monoisotopic (exact) mass is 241 g/mol. The van der Waals surface area contributed by atoms with E-state index in [0.29, 0.717) is 6.04 Å². The van der Waals surface area contributed by atoms with Crippen molar-refractivity contribution in [3.05, 3.63) is 0 Å². The van der Waals surface area contributed by atoms with Crippen molar-refractivity contribution >= 4 is 0 Å². The third-order valence-corrected chi connectivity index (χ3v) is 3.67. The molecule has 1 atom stereocenters. The Morgan fingerprint density at radius 1 is 1.18 bits per heavy atom. The van der Waals surface area contributed by atoms with Crippen LogP contribution in [0.1, 0.15) is 33.6 Å². The number of likely N-dealkylation sites (N-methyl/N-ethyl adjacent to an activating group) is 1. The molecule has 0 spiro atoms. The minimum absolute atomic E-state index is 0.696. The van der Waals surface area contributed by atoms with Crippen LogP contribution in [0.4, 0.5) is 0 Å². The molecule has 0 amide bonds. The van der Waals surface area contributed by atoms with Crippen LogP contribution in [-0.2, 0) is 0 Å². The quantitative estimate of drug-likeness (QED) is 0.731. The first kappa shape index (κ1) is 14.9. The van der Waals surface area contributed by atoms with Crippen molar-refractivity contribution in [1.82, 2.24) is 15.1 Å². The molecule has 102 valence electrons. The average Bonchev–Trinajstić information content (AvgIpc) is 2.29. The smallest absolute Gasteiger partial charge is 0.0195 e. The predicted molar refractivity (Wildman–Crippen MR) is 75.5 cm³/mol. The van der Waals surface area contributed by atoms with Gasteiger partial charge in [-0.2, -0.15) is 0 Å². The van der Waals surface area contributed by atoms with Crippen molar-refractivity contribution < 1.29 is 0 Å². The highest BCUT2D eigenvalue weighted by Gasteiger charge is 2.17. The summed E-state index contributed by atoms with van der Waals surface area (Å²) in [5, 5.41) is 3.41. The standard InChI is InChI=1S/C14H31N3/c1-13(2)6-5-9-16(4)12-14(3)17-10-7-15-8-11-17/h13-15H,5-12H2,1-4H3. The minimum atomic E-state index is 0.696. The summed E-state index contributed by atoms with van der Waals surface area (Å²) in [6.07, 6.45) is 2.69. The number of piperazine rings is 1. The van der Waals surface area contributed by atoms with Crippen molar-refractivity contribution in [2.75, 3.05) is 46.3 Å². The summed E-state index contributed by atoms with van der Waals surface area (Å²) in [6, 6.07) is 0.696. The van der Waals surface area contributed by atoms with Crippen LogP contribution in [0.5, 0.6) is 0 Å². The van der Waals surface area contributed by atoms with Crippen LogP contribution < -0.4 is 5.32 Å². The van der Waals surface area contributed by atoms with E-state index in [1.54, 1.807) is 0 Å². The lowest BCUT2D eigenvalue weighted by Crippen LogP contribution is -2.50. The van der Waals surface area contributed by atoms with E-state index >= 15 is 0 Å². The van der Waals surface area contributed by atoms with E-state index in [1.807, 2.05) is 0 Å². The summed E-state index contributed by atoms with van der Waals surface area (Å²) in [4.78, 5) is 5.10. The zero-order valence-corrected chi connectivity index (χ0v) is 12.2. The van der Waals surface area contributed by atoms with Crippen LogP contribution in [-0.4, -0.2) is 62.2 Å². The molecule has 1 aliphatic rings. The largest absolute Gasteiger partial charge is 0.314 e. The predicted octanol–water partition coefficient (Wildman–Crippen LogP) is 1.65. The number of nitrogens with zero attached hydrogens (tertiary/aromatic N) is 2. The zero-order valence-electron chi connectivity index (χ0n) is 12.2. The Labute approximate surface area is 108 Å². The molecule has 0 aliphatic carbocycles. The van der Waals surface area contributed by atoms with Crippen LogP contribution in [0.2, 0.25) is 0 Å². The molecule has 0 aromatic rings. The minimum Gasteiger partial charge on any atom is -0.314 e. The molecular formula is C14H31N3. The molecule has 0 bridgehead atoms. The molecule has 1 heterocycles. The first-order valence-corrected chi connectivity index (χ1v) is 7.23. The molecule has 0 aromatic carbocycles. The summed E-state index contributed by atoms with van der Waals surface area (Å²) in [5.74, 6) is 0.842. The Morgan fingerprint density at radius 2 is 1.82 bits per heavy atom. The fourth-order valence-electron chi connectivity index (χ4n) is 2.55. The van der Waals surface area contributed by atoms with Crippen LogP contribution in [0.25, 0.3) is 0 Å². The van der Waals surface area contributed by atoms with E-state index in [0.717, 1.165) is 19.0 Å². The van der Waals surface area contributed by atoms with Gasteiger partial charge in [0.25, 0.3) is 0 Å². The fourth-order valence-corrected chi connectivity index (χ4v) is 2.55. The van der Waals surface area contributed by atoms with Crippen molar-refractivity contribution in [3.63, 3.8) is 0 Å². The van der Waals surface area contributed by atoms with Gasteiger partial charge >= 0.3 is 0 Å². The maximum Gasteiger partial charge on any atom is 0.0195 e. The normalized spacial score (nSPS) is 20.1. The Morgan fingerprint density at radius 3 is 2.41 bits per heavy atom. The van der Waals surface area contributed by atoms with E-state index in [-0.39, 0.29) is 0 Å². The SMILES string of the molecule is CC(C)CCCN(C)CC(C)N1CCNCC1. The van der Waals surface area contributed by atoms with Gasteiger partial charge in [-0.15, -0.1) is 0 Å². The zero-order chi connectivity index (χ0) is 12.7. The lowest BCUT2D eigenvalue weighted by atomic mass is 10.1. The van der Waals surface area contributed by atoms with Crippen molar-refractivity contribution in [3.8, 4) is 0 Å². The molecule has 1 N–H and O–H groups in total. The number of rotatable bonds is 7. The molecular weight excluding hydrogens is 210 g/mol. The lowest BCUT2D eigenvalue weighted by Gasteiger charge is -2.35. The summed E-state index contributed by atoms with van der Waals surface area (Å²) in [6.45, 7) is 14.2. The highest BCUT2D eigenvalue weighted by molar-refractivity contribution is 4.75. The molecule has 1 aliphatic heterocycles. The van der Waals surface area contributed by atoms with Crippen LogP contribution in [0.15, 0.2) is 0 Å². The van der Waals surface area contributed by atoms with Crippen LogP contribution in [0.3, 0.4) is 0 Å². The van der Waals surface area contributed by atoms with Crippen LogP contribution in [0, 0.1) is 5.92 Å². The highest BCUT2D eigenvalue weighted by atomic mass is 15.2. The van der Waals surface area contributed by atoms with Crippen molar-refractivity contribution in [1.29, 1.82) is 0 Å². The van der Waals surface area contributed by atoms with Gasteiger partial charge in [0.15, 0.2) is 0 Å². The molecule has 0 saturated carbocycles. The number of nitrogens with one attached hydrogen (secondary N) is 1. The van der Waals surface area contributed by atoms with Gasteiger partial charge in [0, 0.05) is 38.8 Å².